The van der Waals surface area contributed by atoms with Gasteiger partial charge in [-0.05, 0) is 30.7 Å². The third-order valence-corrected chi connectivity index (χ3v) is 8.31. The highest BCUT2D eigenvalue weighted by atomic mass is 35.5. The van der Waals surface area contributed by atoms with Crippen LogP contribution in [0.15, 0.2) is 30.3 Å². The van der Waals surface area contributed by atoms with Crippen LogP contribution in [-0.2, 0) is 15.1 Å². The van der Waals surface area contributed by atoms with Gasteiger partial charge < -0.3 is 20.3 Å². The fraction of sp³-hybridized carbons (Fsp3) is 0.391. The summed E-state index contributed by atoms with van der Waals surface area (Å²) in [6.45, 7) is 0.200. The molecule has 4 aliphatic rings. The lowest BCUT2D eigenvalue weighted by Crippen LogP contribution is -2.56. The summed E-state index contributed by atoms with van der Waals surface area (Å²) in [5.74, 6) is -2.18. The van der Waals surface area contributed by atoms with Gasteiger partial charge in [0, 0.05) is 34.3 Å². The number of rotatable bonds is 2. The van der Waals surface area contributed by atoms with Crippen LogP contribution in [0, 0.1) is 11.8 Å². The van der Waals surface area contributed by atoms with Crippen molar-refractivity contribution in [2.45, 2.75) is 30.3 Å². The number of imide groups is 1. The Kier molecular flexibility index (Phi) is 4.92. The Hall–Kier alpha value is -2.07. The molecule has 3 fully saturated rings. The molecule has 3 saturated heterocycles. The third-order valence-electron chi connectivity index (χ3n) is 7.57. The molecular weight excluding hydrogens is 505 g/mol. The van der Waals surface area contributed by atoms with E-state index >= 15 is 0 Å². The summed E-state index contributed by atoms with van der Waals surface area (Å²) >= 11 is 19.0. The standard InChI is InChI=1S/C23H20Cl3N3O5/c1-34-13-3-9(24)2-11(6-13)29-20(31)17-16-7-12(30)8-28(16)23(18(17)21(29)32)14-4-10(25)5-15(26)19(14)27-22(23)33/h2-6,12,16-18,22,27,30,33H,7-8H2,1H3/t12-,16?,17?,18?,22?,23?/m0/s1. The molecule has 0 radical (unpaired) electrons. The van der Waals surface area contributed by atoms with E-state index in [4.69, 9.17) is 39.5 Å². The summed E-state index contributed by atoms with van der Waals surface area (Å²) < 4.78 is 5.27. The first-order chi connectivity index (χ1) is 16.2. The molecule has 2 aromatic rings. The zero-order valence-electron chi connectivity index (χ0n) is 17.8. The maximum atomic E-state index is 14.0. The predicted octanol–water partition coefficient (Wildman–Crippen LogP) is 2.85. The maximum Gasteiger partial charge on any atom is 0.240 e. The number of hydrogen-bond donors (Lipinski definition) is 3. The number of nitrogens with zero attached hydrogens (tertiary/aromatic N) is 2. The maximum absolute atomic E-state index is 14.0. The van der Waals surface area contributed by atoms with E-state index in [9.17, 15) is 19.8 Å². The van der Waals surface area contributed by atoms with Crippen LogP contribution >= 0.6 is 34.8 Å². The fourth-order valence-corrected chi connectivity index (χ4v) is 7.23. The first kappa shape index (κ1) is 22.4. The molecule has 5 unspecified atom stereocenters. The first-order valence-corrected chi connectivity index (χ1v) is 11.9. The van der Waals surface area contributed by atoms with E-state index in [1.165, 1.54) is 13.2 Å². The summed E-state index contributed by atoms with van der Waals surface area (Å²) in [5.41, 5.74) is -0.0436. The quantitative estimate of drug-likeness (QED) is 0.519. The molecule has 6 atom stereocenters. The van der Waals surface area contributed by atoms with Crippen molar-refractivity contribution in [1.82, 2.24) is 4.90 Å². The van der Waals surface area contributed by atoms with Crippen LogP contribution in [0.5, 0.6) is 5.75 Å². The highest BCUT2D eigenvalue weighted by molar-refractivity contribution is 6.37. The van der Waals surface area contributed by atoms with E-state index in [0.29, 0.717) is 44.2 Å². The highest BCUT2D eigenvalue weighted by Crippen LogP contribution is 2.63. The van der Waals surface area contributed by atoms with Gasteiger partial charge in [0.1, 0.15) is 17.5 Å². The first-order valence-electron chi connectivity index (χ1n) is 10.8. The molecule has 1 spiro atoms. The topological polar surface area (TPSA) is 102 Å². The molecular formula is C23H20Cl3N3O5. The summed E-state index contributed by atoms with van der Waals surface area (Å²) in [7, 11) is 1.47. The van der Waals surface area contributed by atoms with E-state index in [-0.39, 0.29) is 6.54 Å². The highest BCUT2D eigenvalue weighted by Gasteiger charge is 2.75. The smallest absolute Gasteiger partial charge is 0.240 e. The second kappa shape index (κ2) is 7.46. The molecule has 8 nitrogen and oxygen atoms in total. The molecule has 34 heavy (non-hydrogen) atoms. The number of aliphatic hydroxyl groups is 2. The van der Waals surface area contributed by atoms with E-state index in [2.05, 4.69) is 5.32 Å². The number of halogens is 3. The lowest BCUT2D eigenvalue weighted by atomic mass is 9.74. The largest absolute Gasteiger partial charge is 0.497 e. The molecule has 2 aromatic carbocycles. The van der Waals surface area contributed by atoms with Gasteiger partial charge in [0.2, 0.25) is 11.8 Å². The summed E-state index contributed by atoms with van der Waals surface area (Å²) in [4.78, 5) is 30.8. The Bertz CT molecular complexity index is 1260. The molecule has 4 aliphatic heterocycles. The van der Waals surface area contributed by atoms with Crippen LogP contribution < -0.4 is 15.0 Å². The molecule has 6 rings (SSSR count). The van der Waals surface area contributed by atoms with Gasteiger partial charge in [-0.3, -0.25) is 14.5 Å². The number of amides is 2. The van der Waals surface area contributed by atoms with E-state index in [1.54, 1.807) is 24.3 Å². The Morgan fingerprint density at radius 3 is 2.53 bits per heavy atom. The lowest BCUT2D eigenvalue weighted by Gasteiger charge is -2.41. The summed E-state index contributed by atoms with van der Waals surface area (Å²) in [5, 5.41) is 25.9. The van der Waals surface area contributed by atoms with E-state index in [0.717, 1.165) is 4.90 Å². The number of carbonyl (C=O) groups is 2. The Labute approximate surface area is 209 Å². The van der Waals surface area contributed by atoms with Crippen molar-refractivity contribution in [3.8, 4) is 5.75 Å². The molecule has 0 aromatic heterocycles. The molecule has 11 heteroatoms. The molecule has 0 aliphatic carbocycles. The molecule has 4 heterocycles. The number of benzene rings is 2. The van der Waals surface area contributed by atoms with Crippen molar-refractivity contribution in [2.24, 2.45) is 11.8 Å². The minimum Gasteiger partial charge on any atom is -0.497 e. The molecule has 2 amide bonds. The Morgan fingerprint density at radius 2 is 1.79 bits per heavy atom. The number of anilines is 2. The van der Waals surface area contributed by atoms with Crippen LogP contribution in [0.25, 0.3) is 0 Å². The monoisotopic (exact) mass is 523 g/mol. The zero-order chi connectivity index (χ0) is 24.1. The van der Waals surface area contributed by atoms with Gasteiger partial charge in [-0.25, -0.2) is 4.90 Å². The van der Waals surface area contributed by atoms with Crippen LogP contribution in [-0.4, -0.2) is 59.0 Å². The minimum atomic E-state index is -1.33. The Morgan fingerprint density at radius 1 is 1.06 bits per heavy atom. The van der Waals surface area contributed by atoms with Gasteiger partial charge in [-0.1, -0.05) is 34.8 Å². The van der Waals surface area contributed by atoms with Gasteiger partial charge in [0.25, 0.3) is 0 Å². The van der Waals surface area contributed by atoms with Crippen molar-refractivity contribution >= 4 is 58.0 Å². The number of carbonyl (C=O) groups excluding carboxylic acids is 2. The van der Waals surface area contributed by atoms with Crippen LogP contribution in [0.4, 0.5) is 11.4 Å². The van der Waals surface area contributed by atoms with Crippen LogP contribution in [0.1, 0.15) is 12.0 Å². The number of nitrogens with one attached hydrogen (secondary N) is 1. The average molecular weight is 525 g/mol. The molecule has 0 saturated carbocycles. The molecule has 3 N–H and O–H groups in total. The second-order valence-electron chi connectivity index (χ2n) is 9.16. The number of ether oxygens (including phenoxy) is 1. The van der Waals surface area contributed by atoms with Gasteiger partial charge in [0.15, 0.2) is 0 Å². The summed E-state index contributed by atoms with van der Waals surface area (Å²) in [6, 6.07) is 7.44. The lowest BCUT2D eigenvalue weighted by molar-refractivity contribution is -0.127. The van der Waals surface area contributed by atoms with Gasteiger partial charge in [0.05, 0.1) is 41.4 Å². The van der Waals surface area contributed by atoms with Crippen molar-refractivity contribution in [3.05, 3.63) is 51.0 Å². The number of hydrogen-bond acceptors (Lipinski definition) is 7. The SMILES string of the molecule is COc1cc(Cl)cc(N2C(=O)C3C4C[C@H](O)CN4C4(c5cc(Cl)cc(Cl)c5NC4O)C3C2=O)c1. The summed E-state index contributed by atoms with van der Waals surface area (Å²) in [6.07, 6.45) is -1.67. The molecule has 0 bridgehead atoms. The zero-order valence-corrected chi connectivity index (χ0v) is 20.1. The van der Waals surface area contributed by atoms with Gasteiger partial charge in [-0.2, -0.15) is 0 Å². The predicted molar refractivity (Wildman–Crippen MR) is 126 cm³/mol. The normalized spacial score (nSPS) is 33.9. The van der Waals surface area contributed by atoms with Crippen molar-refractivity contribution in [3.63, 3.8) is 0 Å². The van der Waals surface area contributed by atoms with Crippen molar-refractivity contribution < 1.29 is 24.5 Å². The van der Waals surface area contributed by atoms with Crippen LogP contribution in [0.3, 0.4) is 0 Å². The molecule has 178 valence electrons. The Balaban J connectivity index is 1.56. The number of aliphatic hydroxyl groups excluding tert-OH is 2. The average Bonchev–Trinajstić information content (AvgIpc) is 3.44. The van der Waals surface area contributed by atoms with Crippen molar-refractivity contribution in [1.29, 1.82) is 0 Å². The van der Waals surface area contributed by atoms with Crippen LogP contribution in [0.2, 0.25) is 15.1 Å². The third kappa shape index (κ3) is 2.72. The fourth-order valence-electron chi connectivity index (χ4n) is 6.46. The van der Waals surface area contributed by atoms with E-state index < -0.39 is 47.6 Å². The van der Waals surface area contributed by atoms with E-state index in [1.807, 2.05) is 4.90 Å². The van der Waals surface area contributed by atoms with Crippen molar-refractivity contribution in [2.75, 3.05) is 23.9 Å². The van der Waals surface area contributed by atoms with Gasteiger partial charge >= 0.3 is 0 Å². The number of fused-ring (bicyclic) bond motifs is 7. The minimum absolute atomic E-state index is 0.200. The van der Waals surface area contributed by atoms with Gasteiger partial charge in [-0.15, -0.1) is 0 Å². The number of methoxy groups -OCH3 is 1. The second-order valence-corrected chi connectivity index (χ2v) is 10.4.